The third kappa shape index (κ3) is 2.31. The molecule has 3 N–H and O–H groups in total. The van der Waals surface area contributed by atoms with Crippen LogP contribution in [0.25, 0.3) is 11.0 Å². The molecule has 0 saturated heterocycles. The Kier molecular flexibility index (Phi) is 3.05. The summed E-state index contributed by atoms with van der Waals surface area (Å²) < 4.78 is 0. The summed E-state index contributed by atoms with van der Waals surface area (Å²) in [7, 11) is 0. The summed E-state index contributed by atoms with van der Waals surface area (Å²) in [6, 6.07) is 9.72. The maximum absolute atomic E-state index is 9.11. The fourth-order valence-electron chi connectivity index (χ4n) is 1.87. The number of fused-ring (bicyclic) bond motifs is 1. The molecule has 2 heterocycles. The molecule has 2 aromatic heterocycles. The van der Waals surface area contributed by atoms with Gasteiger partial charge in [-0.05, 0) is 42.4 Å². The highest BCUT2D eigenvalue weighted by molar-refractivity contribution is 7.99. The van der Waals surface area contributed by atoms with Crippen LogP contribution in [0.2, 0.25) is 0 Å². The Morgan fingerprint density at radius 3 is 3.00 bits per heavy atom. The third-order valence-electron chi connectivity index (χ3n) is 2.80. The first-order chi connectivity index (χ1) is 9.65. The molecule has 3 aromatic rings. The molecule has 5 nitrogen and oxygen atoms in total. The van der Waals surface area contributed by atoms with E-state index in [2.05, 4.69) is 21.0 Å². The van der Waals surface area contributed by atoms with E-state index in [-0.39, 0.29) is 0 Å². The molecule has 0 fully saturated rings. The van der Waals surface area contributed by atoms with Crippen LogP contribution in [0.15, 0.2) is 40.6 Å². The van der Waals surface area contributed by atoms with Gasteiger partial charge in [0.25, 0.3) is 0 Å². The van der Waals surface area contributed by atoms with Crippen molar-refractivity contribution in [1.82, 2.24) is 15.0 Å². The molecule has 0 aliphatic heterocycles. The molecule has 0 radical (unpaired) electrons. The van der Waals surface area contributed by atoms with Crippen molar-refractivity contribution in [2.45, 2.75) is 17.1 Å². The van der Waals surface area contributed by atoms with E-state index in [1.807, 2.05) is 25.1 Å². The number of pyridine rings is 1. The van der Waals surface area contributed by atoms with E-state index < -0.39 is 0 Å². The number of aromatic amines is 1. The predicted molar refractivity (Wildman–Crippen MR) is 78.3 cm³/mol. The lowest BCUT2D eigenvalue weighted by Gasteiger charge is -2.00. The zero-order valence-corrected chi connectivity index (χ0v) is 11.5. The van der Waals surface area contributed by atoms with Crippen LogP contribution < -0.4 is 5.73 Å². The van der Waals surface area contributed by atoms with Crippen LogP contribution in [0.3, 0.4) is 0 Å². The minimum atomic E-state index is 0.451. The Morgan fingerprint density at radius 2 is 2.20 bits per heavy atom. The van der Waals surface area contributed by atoms with Gasteiger partial charge in [-0.15, -0.1) is 0 Å². The van der Waals surface area contributed by atoms with Crippen molar-refractivity contribution in [1.29, 1.82) is 5.26 Å². The van der Waals surface area contributed by atoms with Gasteiger partial charge in [-0.2, -0.15) is 5.26 Å². The van der Waals surface area contributed by atoms with E-state index in [1.54, 1.807) is 6.07 Å². The summed E-state index contributed by atoms with van der Waals surface area (Å²) >= 11 is 1.32. The number of rotatable bonds is 2. The van der Waals surface area contributed by atoms with E-state index in [0.717, 1.165) is 11.0 Å². The zero-order valence-electron chi connectivity index (χ0n) is 10.7. The Hall–Kier alpha value is -2.52. The number of aromatic nitrogens is 3. The second kappa shape index (κ2) is 4.87. The lowest BCUT2D eigenvalue weighted by Crippen LogP contribution is -1.92. The zero-order chi connectivity index (χ0) is 14.1. The number of H-pyrrole nitrogens is 1. The number of nitrogens with zero attached hydrogens (tertiary/aromatic N) is 3. The van der Waals surface area contributed by atoms with Gasteiger partial charge < -0.3 is 10.7 Å². The molecule has 0 aliphatic rings. The van der Waals surface area contributed by atoms with E-state index in [1.165, 1.54) is 23.5 Å². The van der Waals surface area contributed by atoms with Crippen molar-refractivity contribution in [2.24, 2.45) is 0 Å². The van der Waals surface area contributed by atoms with Crippen molar-refractivity contribution < 1.29 is 0 Å². The molecule has 6 heteroatoms. The average Bonchev–Trinajstić information content (AvgIpc) is 2.82. The van der Waals surface area contributed by atoms with E-state index in [0.29, 0.717) is 21.4 Å². The molecule has 0 aliphatic carbocycles. The first-order valence-corrected chi connectivity index (χ1v) is 6.77. The van der Waals surface area contributed by atoms with Crippen molar-refractivity contribution in [3.8, 4) is 6.07 Å². The van der Waals surface area contributed by atoms with Crippen molar-refractivity contribution in [3.05, 3.63) is 41.6 Å². The number of benzene rings is 1. The van der Waals surface area contributed by atoms with Crippen molar-refractivity contribution in [3.63, 3.8) is 0 Å². The number of aryl methyl sites for hydroxylation is 1. The largest absolute Gasteiger partial charge is 0.397 e. The maximum atomic E-state index is 9.11. The molecule has 1 aromatic carbocycles. The molecule has 0 atom stereocenters. The van der Waals surface area contributed by atoms with Crippen LogP contribution in [0, 0.1) is 18.3 Å². The molecule has 20 heavy (non-hydrogen) atoms. The number of nitriles is 1. The average molecular weight is 281 g/mol. The summed E-state index contributed by atoms with van der Waals surface area (Å²) in [5.74, 6) is 0. The van der Waals surface area contributed by atoms with Gasteiger partial charge in [0.15, 0.2) is 5.16 Å². The predicted octanol–water partition coefficient (Wildman–Crippen LogP) is 2.87. The lowest BCUT2D eigenvalue weighted by molar-refractivity contribution is 1.05. The Labute approximate surface area is 119 Å². The second-order valence-corrected chi connectivity index (χ2v) is 5.38. The quantitative estimate of drug-likeness (QED) is 0.753. The molecule has 0 bridgehead atoms. The van der Waals surface area contributed by atoms with Crippen LogP contribution in [0.1, 0.15) is 11.1 Å². The van der Waals surface area contributed by atoms with Crippen LogP contribution in [-0.4, -0.2) is 15.0 Å². The highest BCUT2D eigenvalue weighted by Crippen LogP contribution is 2.29. The number of nitrogens with one attached hydrogen (secondary N) is 1. The van der Waals surface area contributed by atoms with Crippen molar-refractivity contribution in [2.75, 3.05) is 5.73 Å². The number of nitrogens with two attached hydrogens (primary N) is 1. The van der Waals surface area contributed by atoms with Crippen LogP contribution in [-0.2, 0) is 0 Å². The normalized spacial score (nSPS) is 10.6. The summed E-state index contributed by atoms with van der Waals surface area (Å²) in [6.45, 7) is 2.03. The molecule has 0 spiro atoms. The SMILES string of the molecule is Cc1ccc2nc(Sc3ncc(N)cc3C#N)[nH]c2c1. The van der Waals surface area contributed by atoms with Gasteiger partial charge in [0.1, 0.15) is 11.1 Å². The number of imidazole rings is 1. The van der Waals surface area contributed by atoms with Gasteiger partial charge in [0, 0.05) is 0 Å². The number of hydrogen-bond donors (Lipinski definition) is 2. The molecule has 0 unspecified atom stereocenters. The summed E-state index contributed by atoms with van der Waals surface area (Å²) in [6.07, 6.45) is 1.54. The first-order valence-electron chi connectivity index (χ1n) is 5.95. The van der Waals surface area contributed by atoms with Gasteiger partial charge in [-0.3, -0.25) is 0 Å². The fraction of sp³-hybridized carbons (Fsp3) is 0.0714. The van der Waals surface area contributed by atoms with Crippen LogP contribution in [0.5, 0.6) is 0 Å². The molecular weight excluding hydrogens is 270 g/mol. The maximum Gasteiger partial charge on any atom is 0.172 e. The summed E-state index contributed by atoms with van der Waals surface area (Å²) in [5, 5.41) is 10.4. The highest BCUT2D eigenvalue weighted by Gasteiger charge is 2.10. The number of nitrogen functional groups attached to an aromatic ring is 1. The Morgan fingerprint density at radius 1 is 1.35 bits per heavy atom. The minimum Gasteiger partial charge on any atom is -0.397 e. The number of anilines is 1. The minimum absolute atomic E-state index is 0.451. The van der Waals surface area contributed by atoms with Crippen molar-refractivity contribution >= 4 is 28.5 Å². The lowest BCUT2D eigenvalue weighted by atomic mass is 10.2. The van der Waals surface area contributed by atoms with Gasteiger partial charge >= 0.3 is 0 Å². The standard InChI is InChI=1S/C14H11N5S/c1-8-2-3-11-12(4-8)19-14(18-11)20-13-9(6-15)5-10(16)7-17-13/h2-5,7H,16H2,1H3,(H,18,19). The van der Waals surface area contributed by atoms with E-state index >= 15 is 0 Å². The smallest absolute Gasteiger partial charge is 0.172 e. The van der Waals surface area contributed by atoms with Crippen LogP contribution in [0.4, 0.5) is 5.69 Å². The Balaban J connectivity index is 1.99. The van der Waals surface area contributed by atoms with E-state index in [9.17, 15) is 0 Å². The fourth-order valence-corrected chi connectivity index (χ4v) is 2.68. The number of hydrogen-bond acceptors (Lipinski definition) is 5. The molecule has 0 amide bonds. The molecule has 3 rings (SSSR count). The second-order valence-electron chi connectivity index (χ2n) is 4.40. The monoisotopic (exact) mass is 281 g/mol. The first kappa shape index (κ1) is 12.5. The van der Waals surface area contributed by atoms with Gasteiger partial charge in [-0.25, -0.2) is 9.97 Å². The van der Waals surface area contributed by atoms with Crippen LogP contribution >= 0.6 is 11.8 Å². The summed E-state index contributed by atoms with van der Waals surface area (Å²) in [5.41, 5.74) is 9.59. The molecular formula is C14H11N5S. The Bertz CT molecular complexity index is 831. The van der Waals surface area contributed by atoms with Gasteiger partial charge in [-0.1, -0.05) is 6.07 Å². The van der Waals surface area contributed by atoms with Gasteiger partial charge in [0.05, 0.1) is 28.5 Å². The molecule has 98 valence electrons. The van der Waals surface area contributed by atoms with E-state index in [4.69, 9.17) is 11.0 Å². The summed E-state index contributed by atoms with van der Waals surface area (Å²) in [4.78, 5) is 11.9. The third-order valence-corrected chi connectivity index (χ3v) is 3.71. The topological polar surface area (TPSA) is 91.4 Å². The highest BCUT2D eigenvalue weighted by atomic mass is 32.2. The van der Waals surface area contributed by atoms with Gasteiger partial charge in [0.2, 0.25) is 0 Å². The molecule has 0 saturated carbocycles.